The molecule has 1 aromatic heterocycles. The highest BCUT2D eigenvalue weighted by molar-refractivity contribution is 5.76. The second kappa shape index (κ2) is 8.43. The van der Waals surface area contributed by atoms with E-state index < -0.39 is 0 Å². The van der Waals surface area contributed by atoms with Gasteiger partial charge in [0, 0.05) is 43.6 Å². The van der Waals surface area contributed by atoms with Crippen LogP contribution in [0.4, 0.5) is 0 Å². The topological polar surface area (TPSA) is 71.3 Å². The number of aryl methyl sites for hydroxylation is 1. The highest BCUT2D eigenvalue weighted by Crippen LogP contribution is 2.29. The maximum absolute atomic E-state index is 12.3. The second-order valence-corrected chi connectivity index (χ2v) is 8.40. The maximum atomic E-state index is 12.3. The van der Waals surface area contributed by atoms with Crippen molar-refractivity contribution in [3.05, 3.63) is 35.7 Å². The van der Waals surface area contributed by atoms with E-state index in [0.29, 0.717) is 36.5 Å². The van der Waals surface area contributed by atoms with Crippen LogP contribution in [0.25, 0.3) is 11.4 Å². The van der Waals surface area contributed by atoms with Crippen molar-refractivity contribution in [1.29, 1.82) is 0 Å². The number of nitrogens with zero attached hydrogens (tertiary/aromatic N) is 3. The Morgan fingerprint density at radius 2 is 1.89 bits per heavy atom. The number of piperidine rings is 1. The second-order valence-electron chi connectivity index (χ2n) is 8.40. The maximum Gasteiger partial charge on any atom is 0.227 e. The molecule has 2 aromatic rings. The minimum absolute atomic E-state index is 0.0749. The minimum Gasteiger partial charge on any atom is -0.353 e. The molecular formula is C22H30N4O2. The molecule has 1 amide bonds. The molecule has 0 unspecified atom stereocenters. The van der Waals surface area contributed by atoms with Gasteiger partial charge in [0.05, 0.1) is 0 Å². The van der Waals surface area contributed by atoms with Gasteiger partial charge >= 0.3 is 0 Å². The van der Waals surface area contributed by atoms with Gasteiger partial charge in [-0.2, -0.15) is 4.98 Å². The Balaban J connectivity index is 1.23. The SMILES string of the molecule is CC(C)c1ccc(-c2noc(CCC(=O)NC3CCN(C4CC4)CC3)n2)cc1. The van der Waals surface area contributed by atoms with Gasteiger partial charge in [-0.05, 0) is 37.2 Å². The van der Waals surface area contributed by atoms with Crippen LogP contribution in [0, 0.1) is 0 Å². The summed E-state index contributed by atoms with van der Waals surface area (Å²) in [7, 11) is 0. The van der Waals surface area contributed by atoms with E-state index in [0.717, 1.165) is 37.5 Å². The Labute approximate surface area is 166 Å². The van der Waals surface area contributed by atoms with Crippen molar-refractivity contribution < 1.29 is 9.32 Å². The van der Waals surface area contributed by atoms with Gasteiger partial charge in [-0.3, -0.25) is 4.79 Å². The van der Waals surface area contributed by atoms with Gasteiger partial charge in [0.2, 0.25) is 17.6 Å². The Bertz CT molecular complexity index is 787. The largest absolute Gasteiger partial charge is 0.353 e. The molecular weight excluding hydrogens is 352 g/mol. The lowest BCUT2D eigenvalue weighted by Gasteiger charge is -2.32. The van der Waals surface area contributed by atoms with Crippen LogP contribution in [0.3, 0.4) is 0 Å². The van der Waals surface area contributed by atoms with Crippen molar-refractivity contribution >= 4 is 5.91 Å². The zero-order chi connectivity index (χ0) is 19.5. The number of carbonyl (C=O) groups excluding carboxylic acids is 1. The summed E-state index contributed by atoms with van der Waals surface area (Å²) in [6.07, 6.45) is 5.68. The normalized spacial score (nSPS) is 18.5. The first kappa shape index (κ1) is 19.1. The molecule has 2 fully saturated rings. The van der Waals surface area contributed by atoms with E-state index >= 15 is 0 Å². The third kappa shape index (κ3) is 4.79. The van der Waals surface area contributed by atoms with Gasteiger partial charge < -0.3 is 14.7 Å². The van der Waals surface area contributed by atoms with Gasteiger partial charge in [0.15, 0.2) is 0 Å². The van der Waals surface area contributed by atoms with E-state index in [9.17, 15) is 4.79 Å². The van der Waals surface area contributed by atoms with E-state index in [1.54, 1.807) is 0 Å². The van der Waals surface area contributed by atoms with E-state index in [1.165, 1.54) is 18.4 Å². The average molecular weight is 383 g/mol. The third-order valence-corrected chi connectivity index (χ3v) is 5.83. The average Bonchev–Trinajstić information content (AvgIpc) is 3.45. The number of benzene rings is 1. The van der Waals surface area contributed by atoms with Crippen LogP contribution in [0.2, 0.25) is 0 Å². The predicted octanol–water partition coefficient (Wildman–Crippen LogP) is 3.54. The fourth-order valence-electron chi connectivity index (χ4n) is 3.86. The highest BCUT2D eigenvalue weighted by Gasteiger charge is 2.32. The monoisotopic (exact) mass is 382 g/mol. The molecule has 6 heteroatoms. The number of carbonyl (C=O) groups is 1. The van der Waals surface area contributed by atoms with Crippen molar-refractivity contribution in [2.75, 3.05) is 13.1 Å². The lowest BCUT2D eigenvalue weighted by molar-refractivity contribution is -0.122. The lowest BCUT2D eigenvalue weighted by Crippen LogP contribution is -2.45. The predicted molar refractivity (Wildman–Crippen MR) is 108 cm³/mol. The Kier molecular flexibility index (Phi) is 5.76. The zero-order valence-electron chi connectivity index (χ0n) is 16.9. The Morgan fingerprint density at radius 3 is 2.54 bits per heavy atom. The van der Waals surface area contributed by atoms with Gasteiger partial charge in [-0.15, -0.1) is 0 Å². The molecule has 1 saturated carbocycles. The number of rotatable bonds is 7. The van der Waals surface area contributed by atoms with Crippen molar-refractivity contribution in [2.24, 2.45) is 0 Å². The molecule has 0 atom stereocenters. The smallest absolute Gasteiger partial charge is 0.227 e. The van der Waals surface area contributed by atoms with E-state index in [1.807, 2.05) is 12.1 Å². The quantitative estimate of drug-likeness (QED) is 0.793. The molecule has 4 rings (SSSR count). The molecule has 1 aliphatic carbocycles. The van der Waals surface area contributed by atoms with E-state index in [2.05, 4.69) is 46.3 Å². The highest BCUT2D eigenvalue weighted by atomic mass is 16.5. The number of likely N-dealkylation sites (tertiary alicyclic amines) is 1. The standard InChI is InChI=1S/C22H30N4O2/c1-15(2)16-3-5-17(6-4-16)22-24-21(28-25-22)10-9-20(27)23-18-11-13-26(14-12-18)19-7-8-19/h3-6,15,18-19H,7-14H2,1-2H3,(H,23,27). The molecule has 6 nitrogen and oxygen atoms in total. The fraction of sp³-hybridized carbons (Fsp3) is 0.591. The minimum atomic E-state index is 0.0749. The first-order valence-corrected chi connectivity index (χ1v) is 10.5. The van der Waals surface area contributed by atoms with Gasteiger partial charge in [0.25, 0.3) is 0 Å². The van der Waals surface area contributed by atoms with Crippen LogP contribution in [0.5, 0.6) is 0 Å². The van der Waals surface area contributed by atoms with Crippen LogP contribution < -0.4 is 5.32 Å². The number of hydrogen-bond acceptors (Lipinski definition) is 5. The van der Waals surface area contributed by atoms with Gasteiger partial charge in [-0.1, -0.05) is 43.3 Å². The summed E-state index contributed by atoms with van der Waals surface area (Å²) in [6.45, 7) is 6.56. The zero-order valence-corrected chi connectivity index (χ0v) is 16.9. The van der Waals surface area contributed by atoms with Gasteiger partial charge in [-0.25, -0.2) is 0 Å². The summed E-state index contributed by atoms with van der Waals surface area (Å²) in [5.41, 5.74) is 2.22. The van der Waals surface area contributed by atoms with Crippen molar-refractivity contribution in [1.82, 2.24) is 20.4 Å². The molecule has 1 aliphatic heterocycles. The lowest BCUT2D eigenvalue weighted by atomic mass is 10.0. The van der Waals surface area contributed by atoms with Crippen LogP contribution >= 0.6 is 0 Å². The number of hydrogen-bond donors (Lipinski definition) is 1. The summed E-state index contributed by atoms with van der Waals surface area (Å²) in [5, 5.41) is 7.23. The number of amides is 1. The summed E-state index contributed by atoms with van der Waals surface area (Å²) in [4.78, 5) is 19.3. The number of nitrogens with one attached hydrogen (secondary N) is 1. The van der Waals surface area contributed by atoms with Crippen LogP contribution in [0.15, 0.2) is 28.8 Å². The molecule has 0 bridgehead atoms. The molecule has 1 saturated heterocycles. The first-order valence-electron chi connectivity index (χ1n) is 10.5. The van der Waals surface area contributed by atoms with Crippen LogP contribution in [-0.4, -0.2) is 46.1 Å². The fourth-order valence-corrected chi connectivity index (χ4v) is 3.86. The summed E-state index contributed by atoms with van der Waals surface area (Å²) >= 11 is 0. The summed E-state index contributed by atoms with van der Waals surface area (Å²) in [5.74, 6) is 1.67. The van der Waals surface area contributed by atoms with Crippen molar-refractivity contribution in [3.63, 3.8) is 0 Å². The molecule has 2 aliphatic rings. The molecule has 1 N–H and O–H groups in total. The first-order chi connectivity index (χ1) is 13.6. The van der Waals surface area contributed by atoms with Crippen LogP contribution in [0.1, 0.15) is 63.3 Å². The van der Waals surface area contributed by atoms with Gasteiger partial charge in [0.1, 0.15) is 0 Å². The van der Waals surface area contributed by atoms with Crippen LogP contribution in [-0.2, 0) is 11.2 Å². The summed E-state index contributed by atoms with van der Waals surface area (Å²) in [6, 6.07) is 9.36. The third-order valence-electron chi connectivity index (χ3n) is 5.83. The van der Waals surface area contributed by atoms with E-state index in [-0.39, 0.29) is 5.91 Å². The molecule has 28 heavy (non-hydrogen) atoms. The van der Waals surface area contributed by atoms with E-state index in [4.69, 9.17) is 4.52 Å². The summed E-state index contributed by atoms with van der Waals surface area (Å²) < 4.78 is 5.34. The van der Waals surface area contributed by atoms with Crippen molar-refractivity contribution in [3.8, 4) is 11.4 Å². The molecule has 2 heterocycles. The number of aromatic nitrogens is 2. The molecule has 0 spiro atoms. The van der Waals surface area contributed by atoms with Crippen molar-refractivity contribution in [2.45, 2.75) is 70.4 Å². The molecule has 150 valence electrons. The molecule has 0 radical (unpaired) electrons. The Morgan fingerprint density at radius 1 is 1.18 bits per heavy atom. The Hall–Kier alpha value is -2.21. The molecule has 1 aromatic carbocycles.